The fraction of sp³-hybridized carbons (Fsp3) is 0.250. The minimum atomic E-state index is -0.301. The molecule has 0 fully saturated rings. The van der Waals surface area contributed by atoms with Gasteiger partial charge in [0.25, 0.3) is 11.8 Å². The monoisotopic (exact) mass is 231 g/mol. The van der Waals surface area contributed by atoms with Crippen molar-refractivity contribution in [3.63, 3.8) is 0 Å². The second kappa shape index (κ2) is 4.78. The minimum absolute atomic E-state index is 0.257. The number of hydrogen-bond donors (Lipinski definition) is 0. The Balaban J connectivity index is 2.04. The Morgan fingerprint density at radius 2 is 2.35 bits per heavy atom. The van der Waals surface area contributed by atoms with Gasteiger partial charge in [-0.3, -0.25) is 19.2 Å². The van der Waals surface area contributed by atoms with Crippen LogP contribution in [0.5, 0.6) is 0 Å². The van der Waals surface area contributed by atoms with Gasteiger partial charge >= 0.3 is 0 Å². The molecule has 0 radical (unpaired) electrons. The first-order valence-electron chi connectivity index (χ1n) is 5.36. The van der Waals surface area contributed by atoms with E-state index in [1.165, 1.54) is 17.1 Å². The van der Waals surface area contributed by atoms with Crippen molar-refractivity contribution in [1.29, 1.82) is 0 Å². The van der Waals surface area contributed by atoms with Gasteiger partial charge in [0.15, 0.2) is 0 Å². The van der Waals surface area contributed by atoms with Gasteiger partial charge in [-0.15, -0.1) is 0 Å². The summed E-state index contributed by atoms with van der Waals surface area (Å²) in [5.74, 6) is -0.558. The lowest BCUT2D eigenvalue weighted by molar-refractivity contribution is -0.139. The second-order valence-electron chi connectivity index (χ2n) is 3.77. The van der Waals surface area contributed by atoms with E-state index >= 15 is 0 Å². The maximum atomic E-state index is 11.7. The number of amides is 2. The van der Waals surface area contributed by atoms with Gasteiger partial charge < -0.3 is 0 Å². The molecular formula is C12H13N3O2. The summed E-state index contributed by atoms with van der Waals surface area (Å²) in [4.78, 5) is 24.4. The van der Waals surface area contributed by atoms with E-state index in [0.29, 0.717) is 12.2 Å². The molecule has 1 aromatic rings. The molecule has 0 N–H and O–H groups in total. The zero-order valence-corrected chi connectivity index (χ0v) is 9.54. The van der Waals surface area contributed by atoms with Crippen LogP contribution in [0.15, 0.2) is 30.5 Å². The number of carbonyl (C=O) groups excluding carboxylic acids is 2. The van der Waals surface area contributed by atoms with Gasteiger partial charge in [0.05, 0.1) is 5.69 Å². The molecule has 0 unspecified atom stereocenters. The van der Waals surface area contributed by atoms with Crippen LogP contribution in [-0.4, -0.2) is 33.0 Å². The molecule has 88 valence electrons. The summed E-state index contributed by atoms with van der Waals surface area (Å²) in [5.41, 5.74) is 0.695. The van der Waals surface area contributed by atoms with Gasteiger partial charge in [-0.2, -0.15) is 5.10 Å². The lowest BCUT2D eigenvalue weighted by Gasteiger charge is -2.19. The Labute approximate surface area is 99.0 Å². The summed E-state index contributed by atoms with van der Waals surface area (Å²) in [5, 5.41) is 4.11. The Morgan fingerprint density at radius 3 is 3.00 bits per heavy atom. The first kappa shape index (κ1) is 11.3. The number of hydrogen-bond acceptors (Lipinski definition) is 3. The molecule has 2 amide bonds. The van der Waals surface area contributed by atoms with Crippen LogP contribution in [0, 0.1) is 0 Å². The van der Waals surface area contributed by atoms with Crippen LogP contribution in [0.25, 0.3) is 6.08 Å². The maximum absolute atomic E-state index is 11.7. The van der Waals surface area contributed by atoms with Crippen LogP contribution in [0.2, 0.25) is 0 Å². The average molecular weight is 231 g/mol. The number of nitrogens with zero attached hydrogens (tertiary/aromatic N) is 3. The highest BCUT2D eigenvalue weighted by atomic mass is 16.2. The molecule has 0 saturated carbocycles. The Kier molecular flexibility index (Phi) is 3.18. The molecule has 0 spiro atoms. The smallest absolute Gasteiger partial charge is 0.253 e. The fourth-order valence-electron chi connectivity index (χ4n) is 1.58. The van der Waals surface area contributed by atoms with E-state index in [1.807, 2.05) is 0 Å². The van der Waals surface area contributed by atoms with Crippen molar-refractivity contribution < 1.29 is 9.59 Å². The molecule has 5 heteroatoms. The van der Waals surface area contributed by atoms with Crippen molar-refractivity contribution >= 4 is 17.9 Å². The summed E-state index contributed by atoms with van der Waals surface area (Å²) in [6, 6.07) is 1.79. The highest BCUT2D eigenvalue weighted by molar-refractivity contribution is 6.06. The zero-order valence-electron chi connectivity index (χ0n) is 9.54. The van der Waals surface area contributed by atoms with Crippen molar-refractivity contribution in [2.45, 2.75) is 6.42 Å². The van der Waals surface area contributed by atoms with Crippen LogP contribution < -0.4 is 0 Å². The van der Waals surface area contributed by atoms with Crippen LogP contribution in [0.1, 0.15) is 12.1 Å². The molecule has 1 aliphatic heterocycles. The van der Waals surface area contributed by atoms with E-state index in [0.717, 1.165) is 6.42 Å². The van der Waals surface area contributed by atoms with Gasteiger partial charge in [-0.1, -0.05) is 6.08 Å². The molecule has 5 nitrogen and oxygen atoms in total. The molecule has 0 aliphatic carbocycles. The van der Waals surface area contributed by atoms with Gasteiger partial charge in [0.2, 0.25) is 0 Å². The van der Waals surface area contributed by atoms with Crippen LogP contribution in [0.3, 0.4) is 0 Å². The van der Waals surface area contributed by atoms with E-state index in [-0.39, 0.29) is 11.8 Å². The molecular weight excluding hydrogens is 218 g/mol. The van der Waals surface area contributed by atoms with Crippen molar-refractivity contribution in [2.24, 2.45) is 7.05 Å². The van der Waals surface area contributed by atoms with E-state index in [2.05, 4.69) is 5.10 Å². The van der Waals surface area contributed by atoms with Crippen LogP contribution in [-0.2, 0) is 16.6 Å². The molecule has 0 atom stereocenters. The normalized spacial score (nSPS) is 15.8. The fourth-order valence-corrected chi connectivity index (χ4v) is 1.58. The van der Waals surface area contributed by atoms with Crippen molar-refractivity contribution in [2.75, 3.05) is 6.54 Å². The largest absolute Gasteiger partial charge is 0.275 e. The predicted octanol–water partition coefficient (Wildman–Crippen LogP) is 0.748. The summed E-state index contributed by atoms with van der Waals surface area (Å²) < 4.78 is 1.65. The molecule has 1 aliphatic rings. The van der Waals surface area contributed by atoms with Gasteiger partial charge in [-0.05, 0) is 24.6 Å². The standard InChI is InChI=1S/C12H13N3O2/c1-14-9-7-10(13-14)5-6-12(17)15-8-3-2-4-11(15)16/h2,4-7,9H,3,8H2,1H3/b6-5+. The number of carbonyl (C=O) groups is 2. The average Bonchev–Trinajstić information content (AvgIpc) is 2.73. The quantitative estimate of drug-likeness (QED) is 0.706. The first-order chi connectivity index (χ1) is 8.16. The molecule has 0 saturated heterocycles. The number of imide groups is 1. The van der Waals surface area contributed by atoms with Crippen LogP contribution >= 0.6 is 0 Å². The van der Waals surface area contributed by atoms with Gasteiger partial charge in [-0.25, -0.2) is 0 Å². The third-order valence-corrected chi connectivity index (χ3v) is 2.44. The Hall–Kier alpha value is -2.17. The number of aromatic nitrogens is 2. The molecule has 2 rings (SSSR count). The first-order valence-corrected chi connectivity index (χ1v) is 5.36. The number of rotatable bonds is 2. The summed E-state index contributed by atoms with van der Waals surface area (Å²) in [6.45, 7) is 0.445. The topological polar surface area (TPSA) is 55.2 Å². The Bertz CT molecular complexity index is 500. The summed E-state index contributed by atoms with van der Waals surface area (Å²) in [6.07, 6.45) is 8.69. The third kappa shape index (κ3) is 2.69. The van der Waals surface area contributed by atoms with Gasteiger partial charge in [0, 0.05) is 25.9 Å². The SMILES string of the molecule is Cn1ccc(/C=C/C(=O)N2CCC=CC2=O)n1. The van der Waals surface area contributed by atoms with E-state index in [4.69, 9.17) is 0 Å². The Morgan fingerprint density at radius 1 is 1.53 bits per heavy atom. The lowest BCUT2D eigenvalue weighted by atomic mass is 10.2. The predicted molar refractivity (Wildman–Crippen MR) is 62.7 cm³/mol. The van der Waals surface area contributed by atoms with Crippen molar-refractivity contribution in [3.8, 4) is 0 Å². The molecule has 0 bridgehead atoms. The zero-order chi connectivity index (χ0) is 12.3. The van der Waals surface area contributed by atoms with E-state index < -0.39 is 0 Å². The maximum Gasteiger partial charge on any atom is 0.253 e. The van der Waals surface area contributed by atoms with Crippen molar-refractivity contribution in [1.82, 2.24) is 14.7 Å². The molecule has 2 heterocycles. The van der Waals surface area contributed by atoms with Crippen LogP contribution in [0.4, 0.5) is 0 Å². The number of aryl methyl sites for hydroxylation is 1. The summed E-state index contributed by atoms with van der Waals surface area (Å²) >= 11 is 0. The van der Waals surface area contributed by atoms with Crippen molar-refractivity contribution in [3.05, 3.63) is 36.2 Å². The molecule has 1 aromatic heterocycles. The van der Waals surface area contributed by atoms with Gasteiger partial charge in [0.1, 0.15) is 0 Å². The summed E-state index contributed by atoms with van der Waals surface area (Å²) in [7, 11) is 1.80. The van der Waals surface area contributed by atoms with E-state index in [1.54, 1.807) is 36.1 Å². The second-order valence-corrected chi connectivity index (χ2v) is 3.77. The highest BCUT2D eigenvalue weighted by Gasteiger charge is 2.18. The molecule has 17 heavy (non-hydrogen) atoms. The highest BCUT2D eigenvalue weighted by Crippen LogP contribution is 2.05. The third-order valence-electron chi connectivity index (χ3n) is 2.44. The molecule has 0 aromatic carbocycles. The lowest BCUT2D eigenvalue weighted by Crippen LogP contribution is -2.37. The van der Waals surface area contributed by atoms with E-state index in [9.17, 15) is 9.59 Å². The minimum Gasteiger partial charge on any atom is -0.275 e.